The van der Waals surface area contributed by atoms with E-state index in [0.29, 0.717) is 13.1 Å². The van der Waals surface area contributed by atoms with Gasteiger partial charge in [-0.3, -0.25) is 9.59 Å². The maximum Gasteiger partial charge on any atom is 0.294 e. The molecule has 1 aliphatic heterocycles. The Morgan fingerprint density at radius 1 is 1.06 bits per heavy atom. The molecule has 32 heavy (non-hydrogen) atoms. The van der Waals surface area contributed by atoms with E-state index < -0.39 is 0 Å². The third-order valence-corrected chi connectivity index (χ3v) is 5.56. The molecule has 1 N–H and O–H groups in total. The van der Waals surface area contributed by atoms with Crippen LogP contribution in [0.4, 0.5) is 5.69 Å². The quantitative estimate of drug-likeness (QED) is 0.577. The lowest BCUT2D eigenvalue weighted by Crippen LogP contribution is -2.32. The second-order valence-electron chi connectivity index (χ2n) is 8.14. The van der Waals surface area contributed by atoms with Gasteiger partial charge in [-0.05, 0) is 55.2 Å². The van der Waals surface area contributed by atoms with E-state index in [1.807, 2.05) is 49.4 Å². The minimum atomic E-state index is -0.210. The van der Waals surface area contributed by atoms with Crippen LogP contribution in [0.1, 0.15) is 40.1 Å². The molecule has 0 spiro atoms. The number of benzene rings is 2. The second kappa shape index (κ2) is 10.3. The number of carbonyl (C=O) groups is 2. The van der Waals surface area contributed by atoms with Crippen molar-refractivity contribution in [3.05, 3.63) is 89.4 Å². The van der Waals surface area contributed by atoms with Crippen molar-refractivity contribution >= 4 is 17.5 Å². The average Bonchev–Trinajstić information content (AvgIpc) is 3.51. The van der Waals surface area contributed by atoms with E-state index >= 15 is 0 Å². The van der Waals surface area contributed by atoms with Crippen molar-refractivity contribution in [2.24, 2.45) is 0 Å². The first-order valence-electron chi connectivity index (χ1n) is 11.0. The number of hydrogen-bond donors (Lipinski definition) is 1. The Morgan fingerprint density at radius 2 is 1.91 bits per heavy atom. The number of carbonyl (C=O) groups excluding carboxylic acids is 2. The summed E-state index contributed by atoms with van der Waals surface area (Å²) in [4.78, 5) is 27.1. The van der Waals surface area contributed by atoms with Crippen LogP contribution in [0.2, 0.25) is 0 Å². The van der Waals surface area contributed by atoms with Crippen molar-refractivity contribution in [2.45, 2.75) is 38.8 Å². The zero-order valence-electron chi connectivity index (χ0n) is 18.3. The molecule has 2 heterocycles. The Kier molecular flexibility index (Phi) is 7.02. The average molecular weight is 433 g/mol. The number of amides is 2. The molecule has 6 heteroatoms. The molecule has 4 rings (SSSR count). The molecule has 3 aromatic rings. The van der Waals surface area contributed by atoms with Gasteiger partial charge in [-0.25, -0.2) is 0 Å². The topological polar surface area (TPSA) is 71.8 Å². The van der Waals surface area contributed by atoms with Crippen molar-refractivity contribution in [1.29, 1.82) is 0 Å². The summed E-state index contributed by atoms with van der Waals surface area (Å²) in [5.74, 6) is 0.0466. The standard InChI is InChI=1S/C26H28N2O4/c1-19-5-2-6-21(15-19)18-28(26(30)24-8-4-14-32-24)22-11-9-20(10-12-22)16-25(29)27-17-23-7-3-13-31-23/h2,4-6,8-12,14-15,23H,3,7,13,16-18H2,1H3,(H,27,29)/t23-/m1/s1. The molecule has 2 aromatic carbocycles. The monoisotopic (exact) mass is 432 g/mol. The minimum absolute atomic E-state index is 0.0310. The van der Waals surface area contributed by atoms with Gasteiger partial charge in [0.2, 0.25) is 5.91 Å². The van der Waals surface area contributed by atoms with Gasteiger partial charge < -0.3 is 19.4 Å². The molecular weight excluding hydrogens is 404 g/mol. The fourth-order valence-corrected chi connectivity index (χ4v) is 3.88. The van der Waals surface area contributed by atoms with Gasteiger partial charge in [-0.2, -0.15) is 0 Å². The summed E-state index contributed by atoms with van der Waals surface area (Å²) in [5, 5.41) is 2.94. The van der Waals surface area contributed by atoms with Crippen LogP contribution in [0.5, 0.6) is 0 Å². The molecule has 0 saturated carbocycles. The molecular formula is C26H28N2O4. The highest BCUT2D eigenvalue weighted by Crippen LogP contribution is 2.22. The van der Waals surface area contributed by atoms with Crippen LogP contribution in [-0.4, -0.2) is 31.1 Å². The summed E-state index contributed by atoms with van der Waals surface area (Å²) in [5.41, 5.74) is 3.80. The molecule has 0 bridgehead atoms. The van der Waals surface area contributed by atoms with Crippen LogP contribution in [0.25, 0.3) is 0 Å². The van der Waals surface area contributed by atoms with E-state index in [1.165, 1.54) is 6.26 Å². The highest BCUT2D eigenvalue weighted by Gasteiger charge is 2.21. The summed E-state index contributed by atoms with van der Waals surface area (Å²) in [7, 11) is 0. The SMILES string of the molecule is Cc1cccc(CN(C(=O)c2ccco2)c2ccc(CC(=O)NC[C@H]3CCCO3)cc2)c1. The van der Waals surface area contributed by atoms with Crippen molar-refractivity contribution in [2.75, 3.05) is 18.1 Å². The Hall–Kier alpha value is -3.38. The minimum Gasteiger partial charge on any atom is -0.459 e. The Bertz CT molecular complexity index is 1040. The second-order valence-corrected chi connectivity index (χ2v) is 8.14. The van der Waals surface area contributed by atoms with Crippen molar-refractivity contribution in [3.8, 4) is 0 Å². The highest BCUT2D eigenvalue weighted by molar-refractivity contribution is 6.04. The number of furan rings is 1. The van der Waals surface area contributed by atoms with Gasteiger partial charge in [-0.15, -0.1) is 0 Å². The fourth-order valence-electron chi connectivity index (χ4n) is 3.88. The number of nitrogens with zero attached hydrogens (tertiary/aromatic N) is 1. The van der Waals surface area contributed by atoms with Gasteiger partial charge in [-0.1, -0.05) is 42.0 Å². The summed E-state index contributed by atoms with van der Waals surface area (Å²) in [6, 6.07) is 19.0. The maximum absolute atomic E-state index is 13.1. The van der Waals surface area contributed by atoms with Gasteiger partial charge in [0, 0.05) is 18.8 Å². The van der Waals surface area contributed by atoms with Crippen molar-refractivity contribution in [1.82, 2.24) is 5.32 Å². The molecule has 1 atom stereocenters. The fraction of sp³-hybridized carbons (Fsp3) is 0.308. The molecule has 0 radical (unpaired) electrons. The lowest BCUT2D eigenvalue weighted by atomic mass is 10.1. The molecule has 1 fully saturated rings. The third-order valence-electron chi connectivity index (χ3n) is 5.56. The van der Waals surface area contributed by atoms with Gasteiger partial charge in [0.1, 0.15) is 0 Å². The molecule has 1 aliphatic rings. The molecule has 1 saturated heterocycles. The van der Waals surface area contributed by atoms with E-state index in [2.05, 4.69) is 11.4 Å². The zero-order valence-corrected chi connectivity index (χ0v) is 18.3. The van der Waals surface area contributed by atoms with Crippen molar-refractivity contribution in [3.63, 3.8) is 0 Å². The first-order valence-corrected chi connectivity index (χ1v) is 11.0. The van der Waals surface area contributed by atoms with Crippen LogP contribution < -0.4 is 10.2 Å². The smallest absolute Gasteiger partial charge is 0.294 e. The van der Waals surface area contributed by atoms with Gasteiger partial charge in [0.15, 0.2) is 5.76 Å². The van der Waals surface area contributed by atoms with E-state index in [4.69, 9.17) is 9.15 Å². The highest BCUT2D eigenvalue weighted by atomic mass is 16.5. The van der Waals surface area contributed by atoms with E-state index in [1.54, 1.807) is 17.0 Å². The number of hydrogen-bond acceptors (Lipinski definition) is 4. The number of anilines is 1. The first kappa shape index (κ1) is 21.8. The first-order chi connectivity index (χ1) is 15.6. The van der Waals surface area contributed by atoms with Gasteiger partial charge >= 0.3 is 0 Å². The Balaban J connectivity index is 1.45. The Labute approximate surface area is 188 Å². The van der Waals surface area contributed by atoms with Crippen LogP contribution in [-0.2, 0) is 22.5 Å². The number of ether oxygens (including phenoxy) is 1. The van der Waals surface area contributed by atoms with Gasteiger partial charge in [0.25, 0.3) is 5.91 Å². The Morgan fingerprint density at radius 3 is 2.59 bits per heavy atom. The van der Waals surface area contributed by atoms with E-state index in [-0.39, 0.29) is 30.1 Å². The summed E-state index contributed by atoms with van der Waals surface area (Å²) >= 11 is 0. The maximum atomic E-state index is 13.1. The largest absolute Gasteiger partial charge is 0.459 e. The normalized spacial score (nSPS) is 15.5. The molecule has 0 aliphatic carbocycles. The lowest BCUT2D eigenvalue weighted by Gasteiger charge is -2.22. The summed E-state index contributed by atoms with van der Waals surface area (Å²) < 4.78 is 10.9. The van der Waals surface area contributed by atoms with Crippen molar-refractivity contribution < 1.29 is 18.7 Å². The molecule has 6 nitrogen and oxygen atoms in total. The predicted molar refractivity (Wildman–Crippen MR) is 123 cm³/mol. The lowest BCUT2D eigenvalue weighted by molar-refractivity contribution is -0.120. The third kappa shape index (κ3) is 5.65. The van der Waals surface area contributed by atoms with Crippen LogP contribution >= 0.6 is 0 Å². The zero-order chi connectivity index (χ0) is 22.3. The van der Waals surface area contributed by atoms with Gasteiger partial charge in [0.05, 0.1) is 25.3 Å². The molecule has 2 amide bonds. The van der Waals surface area contributed by atoms with Crippen LogP contribution in [0.3, 0.4) is 0 Å². The molecule has 1 aromatic heterocycles. The van der Waals surface area contributed by atoms with E-state index in [0.717, 1.165) is 41.8 Å². The number of rotatable bonds is 8. The van der Waals surface area contributed by atoms with Crippen LogP contribution in [0, 0.1) is 6.92 Å². The van der Waals surface area contributed by atoms with Crippen LogP contribution in [0.15, 0.2) is 71.3 Å². The number of aryl methyl sites for hydroxylation is 1. The number of nitrogens with one attached hydrogen (secondary N) is 1. The predicted octanol–water partition coefficient (Wildman–Crippen LogP) is 4.27. The molecule has 166 valence electrons. The molecule has 0 unspecified atom stereocenters. The summed E-state index contributed by atoms with van der Waals surface area (Å²) in [6.45, 7) is 3.78. The summed E-state index contributed by atoms with van der Waals surface area (Å²) in [6.07, 6.45) is 3.96. The van der Waals surface area contributed by atoms with E-state index in [9.17, 15) is 9.59 Å².